The number of anilines is 1. The van der Waals surface area contributed by atoms with Gasteiger partial charge in [-0.3, -0.25) is 23.9 Å². The lowest BCUT2D eigenvalue weighted by atomic mass is 10.4. The van der Waals surface area contributed by atoms with Gasteiger partial charge in [-0.15, -0.1) is 0 Å². The molecule has 11 heteroatoms. The van der Waals surface area contributed by atoms with E-state index in [1.807, 2.05) is 0 Å². The molecule has 0 aromatic carbocycles. The molecule has 11 nitrogen and oxygen atoms in total. The summed E-state index contributed by atoms with van der Waals surface area (Å²) in [5, 5.41) is 0. The van der Waals surface area contributed by atoms with Crippen molar-refractivity contribution in [3.8, 4) is 0 Å². The Kier molecular flexibility index (Phi) is 5.47. The molecule has 0 aliphatic heterocycles. The fourth-order valence-corrected chi connectivity index (χ4v) is 1.82. The number of fused-ring (bicyclic) bond motifs is 1. The highest BCUT2D eigenvalue weighted by atomic mass is 16.6. The molecular weight excluding hydrogens is 322 g/mol. The normalized spacial score (nSPS) is 11.0. The summed E-state index contributed by atoms with van der Waals surface area (Å²) in [7, 11) is 0. The van der Waals surface area contributed by atoms with Gasteiger partial charge in [0.05, 0.1) is 6.33 Å². The van der Waals surface area contributed by atoms with Crippen molar-refractivity contribution in [1.29, 1.82) is 0 Å². The van der Waals surface area contributed by atoms with Gasteiger partial charge >= 0.3 is 11.9 Å². The van der Waals surface area contributed by atoms with Crippen LogP contribution < -0.4 is 11.3 Å². The molecule has 3 N–H and O–H groups in total. The van der Waals surface area contributed by atoms with Crippen molar-refractivity contribution in [2.24, 2.45) is 0 Å². The maximum atomic E-state index is 11.7. The fraction of sp³-hybridized carbons (Fsp3) is 0.462. The van der Waals surface area contributed by atoms with Crippen LogP contribution in [0.2, 0.25) is 0 Å². The smallest absolute Gasteiger partial charge is 0.302 e. The minimum Gasteiger partial charge on any atom is -0.463 e. The summed E-state index contributed by atoms with van der Waals surface area (Å²) in [5.74, 6) is -1.02. The molecule has 0 spiro atoms. The van der Waals surface area contributed by atoms with Crippen LogP contribution >= 0.6 is 0 Å². The number of imidazole rings is 1. The van der Waals surface area contributed by atoms with E-state index in [1.54, 1.807) is 0 Å². The summed E-state index contributed by atoms with van der Waals surface area (Å²) in [6.07, 6.45) is 0.677. The molecule has 0 radical (unpaired) electrons. The lowest BCUT2D eigenvalue weighted by Crippen LogP contribution is -2.28. The zero-order valence-electron chi connectivity index (χ0n) is 13.1. The highest BCUT2D eigenvalue weighted by Gasteiger charge is 2.15. The number of hydrogen-bond donors (Lipinski definition) is 2. The number of carbonyl (C=O) groups excluding carboxylic acids is 2. The number of nitrogens with one attached hydrogen (secondary N) is 1. The molecule has 0 bridgehead atoms. The third kappa shape index (κ3) is 4.52. The molecule has 0 fully saturated rings. The van der Waals surface area contributed by atoms with Crippen molar-refractivity contribution in [2.45, 2.75) is 26.7 Å². The van der Waals surface area contributed by atoms with E-state index in [9.17, 15) is 14.4 Å². The van der Waals surface area contributed by atoms with Gasteiger partial charge in [0, 0.05) is 13.8 Å². The number of nitrogen functional groups attached to an aromatic ring is 1. The first-order valence-electron chi connectivity index (χ1n) is 6.95. The van der Waals surface area contributed by atoms with Gasteiger partial charge in [0.25, 0.3) is 5.56 Å². The van der Waals surface area contributed by atoms with Gasteiger partial charge in [0.15, 0.2) is 11.2 Å². The molecule has 0 amide bonds. The van der Waals surface area contributed by atoms with Gasteiger partial charge in [0.1, 0.15) is 26.0 Å². The number of nitrogens with zero attached hydrogens (tertiary/aromatic N) is 3. The van der Waals surface area contributed by atoms with Crippen molar-refractivity contribution in [3.05, 3.63) is 16.7 Å². The van der Waals surface area contributed by atoms with E-state index in [4.69, 9.17) is 19.9 Å². The van der Waals surface area contributed by atoms with Crippen LogP contribution in [-0.2, 0) is 30.5 Å². The molecule has 2 heterocycles. The standard InChI is InChI=1S/C13H17N5O6/c1-7(19)22-3-9(4-23-8(2)20)24-6-18-5-15-10-11(18)16-13(14)17-12(10)21/h5,9H,3-4,6H2,1-2H3,(H3,14,16,17,21). The van der Waals surface area contributed by atoms with E-state index in [0.29, 0.717) is 0 Å². The number of aromatic nitrogens is 4. The summed E-state index contributed by atoms with van der Waals surface area (Å²) in [6, 6.07) is 0. The van der Waals surface area contributed by atoms with E-state index in [-0.39, 0.29) is 37.1 Å². The average molecular weight is 339 g/mol. The van der Waals surface area contributed by atoms with Crippen LogP contribution in [0, 0.1) is 0 Å². The zero-order chi connectivity index (χ0) is 17.7. The molecule has 130 valence electrons. The van der Waals surface area contributed by atoms with Crippen LogP contribution in [0.4, 0.5) is 5.95 Å². The van der Waals surface area contributed by atoms with E-state index in [2.05, 4.69) is 15.0 Å². The predicted octanol–water partition coefficient (Wildman–Crippen LogP) is -0.829. The topological polar surface area (TPSA) is 151 Å². The van der Waals surface area contributed by atoms with Crippen LogP contribution in [0.1, 0.15) is 13.8 Å². The molecule has 2 rings (SSSR count). The molecule has 2 aromatic rings. The Morgan fingerprint density at radius 2 is 1.92 bits per heavy atom. The number of nitrogens with two attached hydrogens (primary N) is 1. The quantitative estimate of drug-likeness (QED) is 0.616. The van der Waals surface area contributed by atoms with E-state index >= 15 is 0 Å². The summed E-state index contributed by atoms with van der Waals surface area (Å²) in [4.78, 5) is 43.8. The number of hydrogen-bond acceptors (Lipinski definition) is 9. The highest BCUT2D eigenvalue weighted by molar-refractivity contribution is 5.70. The predicted molar refractivity (Wildman–Crippen MR) is 80.7 cm³/mol. The van der Waals surface area contributed by atoms with Crippen LogP contribution in [0.15, 0.2) is 11.1 Å². The SMILES string of the molecule is CC(=O)OCC(COC(C)=O)OCn1cnc2c(=O)[nH]c(N)nc21. The lowest BCUT2D eigenvalue weighted by molar-refractivity contribution is -0.154. The number of rotatable bonds is 7. The van der Waals surface area contributed by atoms with Crippen molar-refractivity contribution < 1.29 is 23.8 Å². The molecule has 0 aliphatic rings. The maximum Gasteiger partial charge on any atom is 0.302 e. The second-order valence-corrected chi connectivity index (χ2v) is 4.86. The molecule has 0 unspecified atom stereocenters. The minimum absolute atomic E-state index is 0.0503. The molecular formula is C13H17N5O6. The van der Waals surface area contributed by atoms with Gasteiger partial charge in [0.2, 0.25) is 5.95 Å². The maximum absolute atomic E-state index is 11.7. The van der Waals surface area contributed by atoms with Gasteiger partial charge in [-0.05, 0) is 0 Å². The van der Waals surface area contributed by atoms with Gasteiger partial charge in [-0.1, -0.05) is 0 Å². The van der Waals surface area contributed by atoms with E-state index in [1.165, 1.54) is 24.7 Å². The van der Waals surface area contributed by atoms with Crippen LogP contribution in [0.3, 0.4) is 0 Å². The van der Waals surface area contributed by atoms with Crippen molar-refractivity contribution in [3.63, 3.8) is 0 Å². The summed E-state index contributed by atoms with van der Waals surface area (Å²) in [5.41, 5.74) is 5.40. The number of carbonyl (C=O) groups is 2. The summed E-state index contributed by atoms with van der Waals surface area (Å²) in [6.45, 7) is 2.27. The Balaban J connectivity index is 2.08. The zero-order valence-corrected chi connectivity index (χ0v) is 13.1. The van der Waals surface area contributed by atoms with Gasteiger partial charge in [-0.2, -0.15) is 4.98 Å². The first kappa shape index (κ1) is 17.4. The first-order chi connectivity index (χ1) is 11.4. The lowest BCUT2D eigenvalue weighted by Gasteiger charge is -2.17. The van der Waals surface area contributed by atoms with Crippen molar-refractivity contribution >= 4 is 29.1 Å². The molecule has 2 aromatic heterocycles. The molecule has 24 heavy (non-hydrogen) atoms. The Hall–Kier alpha value is -2.95. The fourth-order valence-electron chi connectivity index (χ4n) is 1.82. The number of H-pyrrole nitrogens is 1. The Morgan fingerprint density at radius 3 is 2.50 bits per heavy atom. The molecule has 0 saturated heterocycles. The van der Waals surface area contributed by atoms with E-state index in [0.717, 1.165) is 0 Å². The number of esters is 2. The molecule has 0 saturated carbocycles. The van der Waals surface area contributed by atoms with E-state index < -0.39 is 23.6 Å². The summed E-state index contributed by atoms with van der Waals surface area (Å²) < 4.78 is 16.7. The van der Waals surface area contributed by atoms with Crippen LogP contribution in [-0.4, -0.2) is 50.8 Å². The summed E-state index contributed by atoms with van der Waals surface area (Å²) >= 11 is 0. The first-order valence-corrected chi connectivity index (χ1v) is 6.95. The van der Waals surface area contributed by atoms with Gasteiger partial charge < -0.3 is 19.9 Å². The minimum atomic E-state index is -0.686. The largest absolute Gasteiger partial charge is 0.463 e. The highest BCUT2D eigenvalue weighted by Crippen LogP contribution is 2.08. The Bertz CT molecular complexity index is 780. The van der Waals surface area contributed by atoms with Crippen LogP contribution in [0.5, 0.6) is 0 Å². The van der Waals surface area contributed by atoms with Crippen molar-refractivity contribution in [1.82, 2.24) is 19.5 Å². The number of aromatic amines is 1. The Morgan fingerprint density at radius 1 is 1.29 bits per heavy atom. The Labute approximate surface area is 135 Å². The molecule has 0 aliphatic carbocycles. The second-order valence-electron chi connectivity index (χ2n) is 4.86. The average Bonchev–Trinajstić information content (AvgIpc) is 2.89. The molecule has 0 atom stereocenters. The second kappa shape index (κ2) is 7.55. The number of ether oxygens (including phenoxy) is 3. The van der Waals surface area contributed by atoms with Crippen LogP contribution in [0.25, 0.3) is 11.2 Å². The third-order valence-electron chi connectivity index (χ3n) is 2.89. The monoisotopic (exact) mass is 339 g/mol. The van der Waals surface area contributed by atoms with Crippen molar-refractivity contribution in [2.75, 3.05) is 18.9 Å². The third-order valence-corrected chi connectivity index (χ3v) is 2.89. The van der Waals surface area contributed by atoms with Gasteiger partial charge in [-0.25, -0.2) is 4.98 Å².